The van der Waals surface area contributed by atoms with E-state index in [0.717, 1.165) is 28.3 Å². The molecule has 0 saturated carbocycles. The Morgan fingerprint density at radius 3 is 2.78 bits per heavy atom. The SMILES string of the molecule is CCc1cc(Oc2cncc(CN)c2)ccc1Cl. The number of aryl methyl sites for hydroxylation is 1. The predicted octanol–water partition coefficient (Wildman–Crippen LogP) is 3.55. The fourth-order valence-electron chi connectivity index (χ4n) is 1.65. The standard InChI is InChI=1S/C14H15ClN2O/c1-2-11-6-12(3-4-14(11)15)18-13-5-10(7-16)8-17-9-13/h3-6,8-9H,2,7,16H2,1H3. The summed E-state index contributed by atoms with van der Waals surface area (Å²) in [4.78, 5) is 4.08. The van der Waals surface area contributed by atoms with Crippen LogP contribution in [0.1, 0.15) is 18.1 Å². The molecule has 1 aromatic heterocycles. The largest absolute Gasteiger partial charge is 0.456 e. The number of aromatic nitrogens is 1. The molecule has 0 amide bonds. The number of nitrogens with zero attached hydrogens (tertiary/aromatic N) is 1. The number of nitrogens with two attached hydrogens (primary N) is 1. The summed E-state index contributed by atoms with van der Waals surface area (Å²) in [6, 6.07) is 7.51. The fraction of sp³-hybridized carbons (Fsp3) is 0.214. The van der Waals surface area contributed by atoms with Gasteiger partial charge in [0.1, 0.15) is 11.5 Å². The molecular weight excluding hydrogens is 248 g/mol. The van der Waals surface area contributed by atoms with Crippen LogP contribution < -0.4 is 10.5 Å². The Balaban J connectivity index is 2.22. The highest BCUT2D eigenvalue weighted by Crippen LogP contribution is 2.26. The third kappa shape index (κ3) is 3.00. The number of hydrogen-bond acceptors (Lipinski definition) is 3. The zero-order valence-corrected chi connectivity index (χ0v) is 10.9. The van der Waals surface area contributed by atoms with E-state index in [0.29, 0.717) is 12.3 Å². The molecule has 0 radical (unpaired) electrons. The van der Waals surface area contributed by atoms with Crippen LogP contribution in [-0.4, -0.2) is 4.98 Å². The molecule has 0 saturated heterocycles. The van der Waals surface area contributed by atoms with Crippen molar-refractivity contribution in [2.75, 3.05) is 0 Å². The fourth-order valence-corrected chi connectivity index (χ4v) is 1.90. The summed E-state index contributed by atoms with van der Waals surface area (Å²) < 4.78 is 5.74. The molecule has 0 aliphatic carbocycles. The van der Waals surface area contributed by atoms with Crippen LogP contribution in [0.5, 0.6) is 11.5 Å². The van der Waals surface area contributed by atoms with Crippen molar-refractivity contribution >= 4 is 11.6 Å². The average molecular weight is 263 g/mol. The van der Waals surface area contributed by atoms with Gasteiger partial charge in [-0.05, 0) is 41.8 Å². The molecule has 0 bridgehead atoms. The molecule has 3 nitrogen and oxygen atoms in total. The quantitative estimate of drug-likeness (QED) is 0.917. The van der Waals surface area contributed by atoms with Gasteiger partial charge in [-0.1, -0.05) is 18.5 Å². The maximum Gasteiger partial charge on any atom is 0.146 e. The highest BCUT2D eigenvalue weighted by Gasteiger charge is 2.03. The van der Waals surface area contributed by atoms with Crippen molar-refractivity contribution in [1.82, 2.24) is 4.98 Å². The lowest BCUT2D eigenvalue weighted by molar-refractivity contribution is 0.479. The number of benzene rings is 1. The summed E-state index contributed by atoms with van der Waals surface area (Å²) in [6.45, 7) is 2.51. The summed E-state index contributed by atoms with van der Waals surface area (Å²) >= 11 is 6.06. The van der Waals surface area contributed by atoms with Crippen LogP contribution in [-0.2, 0) is 13.0 Å². The van der Waals surface area contributed by atoms with E-state index in [1.807, 2.05) is 24.3 Å². The van der Waals surface area contributed by atoms with Gasteiger partial charge in [-0.2, -0.15) is 0 Å². The molecule has 94 valence electrons. The number of pyridine rings is 1. The highest BCUT2D eigenvalue weighted by atomic mass is 35.5. The van der Waals surface area contributed by atoms with Crippen molar-refractivity contribution in [3.05, 3.63) is 52.8 Å². The number of rotatable bonds is 4. The minimum atomic E-state index is 0.449. The van der Waals surface area contributed by atoms with Crippen LogP contribution in [0.3, 0.4) is 0 Å². The summed E-state index contributed by atoms with van der Waals surface area (Å²) in [5, 5.41) is 0.763. The zero-order chi connectivity index (χ0) is 13.0. The van der Waals surface area contributed by atoms with Gasteiger partial charge < -0.3 is 10.5 Å². The lowest BCUT2D eigenvalue weighted by Gasteiger charge is -2.08. The van der Waals surface area contributed by atoms with Gasteiger partial charge in [0.25, 0.3) is 0 Å². The molecule has 2 aromatic rings. The highest BCUT2D eigenvalue weighted by molar-refractivity contribution is 6.31. The molecule has 0 aliphatic rings. The molecule has 18 heavy (non-hydrogen) atoms. The molecular formula is C14H15ClN2O. The average Bonchev–Trinajstić information content (AvgIpc) is 2.41. The molecule has 0 aliphatic heterocycles. The number of ether oxygens (including phenoxy) is 1. The lowest BCUT2D eigenvalue weighted by Crippen LogP contribution is -1.97. The summed E-state index contributed by atoms with van der Waals surface area (Å²) in [7, 11) is 0. The Morgan fingerprint density at radius 1 is 1.22 bits per heavy atom. The number of halogens is 1. The lowest BCUT2D eigenvalue weighted by atomic mass is 10.1. The Labute approximate surface area is 112 Å². The third-order valence-electron chi connectivity index (χ3n) is 2.64. The molecule has 2 rings (SSSR count). The van der Waals surface area contributed by atoms with E-state index in [1.165, 1.54) is 0 Å². The second kappa shape index (κ2) is 5.85. The van der Waals surface area contributed by atoms with Gasteiger partial charge >= 0.3 is 0 Å². The van der Waals surface area contributed by atoms with Gasteiger partial charge in [0.2, 0.25) is 0 Å². The van der Waals surface area contributed by atoms with E-state index in [4.69, 9.17) is 22.1 Å². The Hall–Kier alpha value is -1.58. The minimum Gasteiger partial charge on any atom is -0.456 e. The van der Waals surface area contributed by atoms with E-state index in [9.17, 15) is 0 Å². The topological polar surface area (TPSA) is 48.1 Å². The maximum atomic E-state index is 6.06. The van der Waals surface area contributed by atoms with E-state index in [-0.39, 0.29) is 0 Å². The second-order valence-electron chi connectivity index (χ2n) is 3.94. The smallest absolute Gasteiger partial charge is 0.146 e. The van der Waals surface area contributed by atoms with E-state index < -0.39 is 0 Å². The van der Waals surface area contributed by atoms with Gasteiger partial charge in [0.15, 0.2) is 0 Å². The van der Waals surface area contributed by atoms with Crippen molar-refractivity contribution in [2.45, 2.75) is 19.9 Å². The summed E-state index contributed by atoms with van der Waals surface area (Å²) in [6.07, 6.45) is 4.27. The van der Waals surface area contributed by atoms with Crippen molar-refractivity contribution in [3.63, 3.8) is 0 Å². The molecule has 0 unspecified atom stereocenters. The van der Waals surface area contributed by atoms with E-state index in [2.05, 4.69) is 11.9 Å². The Kier molecular flexibility index (Phi) is 4.18. The number of hydrogen-bond donors (Lipinski definition) is 1. The normalized spacial score (nSPS) is 10.4. The first kappa shape index (κ1) is 12.9. The Morgan fingerprint density at radius 2 is 2.06 bits per heavy atom. The van der Waals surface area contributed by atoms with Gasteiger partial charge in [-0.15, -0.1) is 0 Å². The van der Waals surface area contributed by atoms with Crippen LogP contribution in [0.15, 0.2) is 36.7 Å². The van der Waals surface area contributed by atoms with Crippen LogP contribution >= 0.6 is 11.6 Å². The first-order valence-corrected chi connectivity index (χ1v) is 6.21. The van der Waals surface area contributed by atoms with Gasteiger partial charge in [0, 0.05) is 17.8 Å². The third-order valence-corrected chi connectivity index (χ3v) is 3.01. The predicted molar refractivity (Wildman–Crippen MR) is 73.0 cm³/mol. The van der Waals surface area contributed by atoms with E-state index >= 15 is 0 Å². The maximum absolute atomic E-state index is 6.06. The summed E-state index contributed by atoms with van der Waals surface area (Å²) in [5.41, 5.74) is 7.57. The molecule has 4 heteroatoms. The Bertz CT molecular complexity index is 543. The van der Waals surface area contributed by atoms with Crippen LogP contribution in [0.4, 0.5) is 0 Å². The van der Waals surface area contributed by atoms with Crippen LogP contribution in [0, 0.1) is 0 Å². The van der Waals surface area contributed by atoms with Gasteiger partial charge in [0.05, 0.1) is 6.20 Å². The summed E-state index contributed by atoms with van der Waals surface area (Å²) in [5.74, 6) is 1.44. The van der Waals surface area contributed by atoms with Crippen molar-refractivity contribution in [3.8, 4) is 11.5 Å². The van der Waals surface area contributed by atoms with Crippen molar-refractivity contribution in [2.24, 2.45) is 5.73 Å². The minimum absolute atomic E-state index is 0.449. The zero-order valence-electron chi connectivity index (χ0n) is 10.2. The van der Waals surface area contributed by atoms with Gasteiger partial charge in [-0.25, -0.2) is 0 Å². The second-order valence-corrected chi connectivity index (χ2v) is 4.35. The first-order chi connectivity index (χ1) is 8.72. The van der Waals surface area contributed by atoms with Crippen LogP contribution in [0.25, 0.3) is 0 Å². The molecule has 0 atom stereocenters. The van der Waals surface area contributed by atoms with E-state index in [1.54, 1.807) is 12.4 Å². The van der Waals surface area contributed by atoms with Crippen molar-refractivity contribution in [1.29, 1.82) is 0 Å². The molecule has 1 aromatic carbocycles. The van der Waals surface area contributed by atoms with Crippen molar-refractivity contribution < 1.29 is 4.74 Å². The van der Waals surface area contributed by atoms with Crippen LogP contribution in [0.2, 0.25) is 5.02 Å². The molecule has 2 N–H and O–H groups in total. The monoisotopic (exact) mass is 262 g/mol. The first-order valence-electron chi connectivity index (χ1n) is 5.83. The molecule has 1 heterocycles. The van der Waals surface area contributed by atoms with Gasteiger partial charge in [-0.3, -0.25) is 4.98 Å². The molecule has 0 spiro atoms. The molecule has 0 fully saturated rings.